The fourth-order valence-corrected chi connectivity index (χ4v) is 0.510. The maximum atomic E-state index is 11.4. The molecule has 9 heavy (non-hydrogen) atoms. The lowest BCUT2D eigenvalue weighted by molar-refractivity contribution is -0.119. The molecule has 1 rings (SSSR count). The predicted molar refractivity (Wildman–Crippen MR) is 24.5 cm³/mol. The molecule has 1 fully saturated rings. The van der Waals surface area contributed by atoms with Gasteiger partial charge in [0.1, 0.15) is 6.54 Å². The number of amides is 3. The Morgan fingerprint density at radius 3 is 2.56 bits per heavy atom. The van der Waals surface area contributed by atoms with Crippen molar-refractivity contribution in [2.24, 2.45) is 0 Å². The first kappa shape index (κ1) is 5.96. The molecule has 0 aromatic carbocycles. The molecular formula is C3H4FN3O2. The number of nitrogens with zero attached hydrogens (tertiary/aromatic N) is 1. The minimum absolute atomic E-state index is 0.269. The number of carbonyl (C=O) groups excluding carboxylic acids is 2. The van der Waals surface area contributed by atoms with E-state index in [0.717, 1.165) is 5.65 Å². The van der Waals surface area contributed by atoms with Crippen LogP contribution in [-0.4, -0.2) is 23.5 Å². The third kappa shape index (κ3) is 0.968. The molecule has 3 amide bonds. The number of halogens is 1. The van der Waals surface area contributed by atoms with Crippen LogP contribution >= 0.6 is 0 Å². The molecule has 5 nitrogen and oxygen atoms in total. The van der Waals surface area contributed by atoms with E-state index in [1.54, 1.807) is 0 Å². The molecule has 0 aromatic rings. The van der Waals surface area contributed by atoms with Crippen LogP contribution in [0.15, 0.2) is 0 Å². The minimum Gasteiger partial charge on any atom is -0.275 e. The van der Waals surface area contributed by atoms with Crippen LogP contribution in [0.4, 0.5) is 9.28 Å². The number of rotatable bonds is 1. The topological polar surface area (TPSA) is 61.4 Å². The second-order valence-corrected chi connectivity index (χ2v) is 1.52. The Kier molecular flexibility index (Phi) is 1.31. The molecule has 0 bridgehead atoms. The van der Waals surface area contributed by atoms with Crippen molar-refractivity contribution in [1.82, 2.24) is 16.0 Å². The van der Waals surface area contributed by atoms with Crippen molar-refractivity contribution < 1.29 is 14.1 Å². The van der Waals surface area contributed by atoms with Crippen molar-refractivity contribution in [3.8, 4) is 0 Å². The third-order valence-corrected chi connectivity index (χ3v) is 0.895. The summed E-state index contributed by atoms with van der Waals surface area (Å²) in [4.78, 5) is 20.5. The first-order valence-corrected chi connectivity index (χ1v) is 2.21. The first-order valence-electron chi connectivity index (χ1n) is 2.21. The zero-order valence-electron chi connectivity index (χ0n) is 4.35. The molecule has 2 N–H and O–H groups in total. The van der Waals surface area contributed by atoms with Gasteiger partial charge in [-0.05, 0) is 0 Å². The maximum absolute atomic E-state index is 11.4. The average Bonchev–Trinajstić information content (AvgIpc) is 2.10. The van der Waals surface area contributed by atoms with Gasteiger partial charge in [0.25, 0.3) is 0 Å². The van der Waals surface area contributed by atoms with Gasteiger partial charge >= 0.3 is 6.03 Å². The van der Waals surface area contributed by atoms with Gasteiger partial charge in [0.05, 0.1) is 0 Å². The smallest absolute Gasteiger partial charge is 0.275 e. The molecule has 1 aliphatic rings. The van der Waals surface area contributed by atoms with E-state index in [2.05, 4.69) is 0 Å². The molecule has 0 unspecified atom stereocenters. The summed E-state index contributed by atoms with van der Waals surface area (Å²) < 4.78 is 11.4. The molecule has 50 valence electrons. The highest BCUT2D eigenvalue weighted by molar-refractivity contribution is 6.01. The van der Waals surface area contributed by atoms with Gasteiger partial charge in [0.15, 0.2) is 0 Å². The summed E-state index contributed by atoms with van der Waals surface area (Å²) in [7, 11) is 0. The Morgan fingerprint density at radius 2 is 2.33 bits per heavy atom. The third-order valence-electron chi connectivity index (χ3n) is 0.895. The van der Waals surface area contributed by atoms with E-state index in [4.69, 9.17) is 0 Å². The van der Waals surface area contributed by atoms with E-state index in [0.29, 0.717) is 5.01 Å². The van der Waals surface area contributed by atoms with Crippen LogP contribution in [-0.2, 0) is 4.79 Å². The highest BCUT2D eigenvalue weighted by Gasteiger charge is 2.26. The van der Waals surface area contributed by atoms with Gasteiger partial charge in [-0.15, -0.1) is 4.48 Å². The molecule has 0 atom stereocenters. The number of hydrogen-bond donors (Lipinski definition) is 2. The standard InChI is InChI=1S/C3H4FN3O2/c4-6-7-1-2(8)5-3(7)9/h6H,1H2,(H,5,8,9). The van der Waals surface area contributed by atoms with E-state index in [-0.39, 0.29) is 6.54 Å². The lowest BCUT2D eigenvalue weighted by Crippen LogP contribution is -2.35. The second kappa shape index (κ2) is 1.98. The van der Waals surface area contributed by atoms with Crippen molar-refractivity contribution in [2.75, 3.05) is 6.54 Å². The molecule has 0 aliphatic carbocycles. The number of carbonyl (C=O) groups is 2. The normalized spacial score (nSPS) is 18.6. The largest absolute Gasteiger partial charge is 0.340 e. The number of nitrogens with one attached hydrogen (secondary N) is 2. The number of hydrazine groups is 1. The van der Waals surface area contributed by atoms with Crippen LogP contribution in [0.3, 0.4) is 0 Å². The summed E-state index contributed by atoms with van der Waals surface area (Å²) in [6, 6.07) is -0.762. The number of imide groups is 1. The molecule has 1 aliphatic heterocycles. The van der Waals surface area contributed by atoms with Crippen molar-refractivity contribution >= 4 is 11.9 Å². The molecule has 0 spiro atoms. The van der Waals surface area contributed by atoms with E-state index in [9.17, 15) is 14.1 Å². The Bertz CT molecular complexity index is 159. The van der Waals surface area contributed by atoms with Crippen molar-refractivity contribution in [3.63, 3.8) is 0 Å². The summed E-state index contributed by atoms with van der Waals surface area (Å²) in [6.07, 6.45) is 0. The lowest BCUT2D eigenvalue weighted by Gasteiger charge is -2.04. The van der Waals surface area contributed by atoms with Gasteiger partial charge < -0.3 is 0 Å². The Morgan fingerprint density at radius 1 is 1.67 bits per heavy atom. The van der Waals surface area contributed by atoms with Crippen LogP contribution in [0.25, 0.3) is 0 Å². The number of hydrogen-bond acceptors (Lipinski definition) is 3. The molecule has 1 heterocycles. The van der Waals surface area contributed by atoms with Crippen LogP contribution < -0.4 is 11.0 Å². The van der Waals surface area contributed by atoms with Gasteiger partial charge in [-0.25, -0.2) is 9.80 Å². The van der Waals surface area contributed by atoms with Crippen LogP contribution in [0.2, 0.25) is 0 Å². The van der Waals surface area contributed by atoms with Gasteiger partial charge in [0, 0.05) is 0 Å². The van der Waals surface area contributed by atoms with Gasteiger partial charge in [0.2, 0.25) is 5.91 Å². The highest BCUT2D eigenvalue weighted by Crippen LogP contribution is 1.91. The Balaban J connectivity index is 2.58. The van der Waals surface area contributed by atoms with Gasteiger partial charge in [-0.1, -0.05) is 5.65 Å². The lowest BCUT2D eigenvalue weighted by atomic mass is 10.7. The summed E-state index contributed by atoms with van der Waals surface area (Å²) in [6.45, 7) is -0.269. The summed E-state index contributed by atoms with van der Waals surface area (Å²) in [5.74, 6) is -0.509. The fourth-order valence-electron chi connectivity index (χ4n) is 0.510. The van der Waals surface area contributed by atoms with E-state index in [1.165, 1.54) is 0 Å². The van der Waals surface area contributed by atoms with E-state index >= 15 is 0 Å². The van der Waals surface area contributed by atoms with Crippen molar-refractivity contribution in [3.05, 3.63) is 0 Å². The average molecular weight is 133 g/mol. The molecule has 0 saturated carbocycles. The highest BCUT2D eigenvalue weighted by atomic mass is 19.2. The number of urea groups is 1. The Hall–Kier alpha value is -1.17. The monoisotopic (exact) mass is 133 g/mol. The zero-order valence-corrected chi connectivity index (χ0v) is 4.35. The van der Waals surface area contributed by atoms with Crippen molar-refractivity contribution in [2.45, 2.75) is 0 Å². The molecule has 0 aromatic heterocycles. The minimum atomic E-state index is -0.762. The SMILES string of the molecule is O=C1CN(NF)C(=O)N1. The predicted octanol–water partition coefficient (Wildman–Crippen LogP) is -1.07. The summed E-state index contributed by atoms with van der Waals surface area (Å²) >= 11 is 0. The van der Waals surface area contributed by atoms with Crippen LogP contribution in [0, 0.1) is 0 Å². The van der Waals surface area contributed by atoms with Crippen LogP contribution in [0.5, 0.6) is 0 Å². The molecular weight excluding hydrogens is 129 g/mol. The molecule has 1 saturated heterocycles. The van der Waals surface area contributed by atoms with Crippen molar-refractivity contribution in [1.29, 1.82) is 0 Å². The fraction of sp³-hybridized carbons (Fsp3) is 0.333. The van der Waals surface area contributed by atoms with E-state index < -0.39 is 11.9 Å². The Labute approximate surface area is 49.7 Å². The van der Waals surface area contributed by atoms with Crippen LogP contribution in [0.1, 0.15) is 0 Å². The van der Waals surface area contributed by atoms with E-state index in [1.807, 2.05) is 5.32 Å². The first-order chi connectivity index (χ1) is 4.24. The maximum Gasteiger partial charge on any atom is 0.340 e. The van der Waals surface area contributed by atoms with Gasteiger partial charge in [-0.3, -0.25) is 10.1 Å². The molecule has 0 radical (unpaired) electrons. The quantitative estimate of drug-likeness (QED) is 0.353. The zero-order chi connectivity index (χ0) is 6.85. The summed E-state index contributed by atoms with van der Waals surface area (Å²) in [5.41, 5.74) is 1.04. The molecule has 6 heteroatoms. The summed E-state index contributed by atoms with van der Waals surface area (Å²) in [5, 5.41) is 2.39. The van der Waals surface area contributed by atoms with Gasteiger partial charge in [-0.2, -0.15) is 0 Å². The second-order valence-electron chi connectivity index (χ2n) is 1.52.